The van der Waals surface area contributed by atoms with Crippen molar-refractivity contribution in [3.63, 3.8) is 0 Å². The van der Waals surface area contributed by atoms with Crippen LogP contribution in [-0.4, -0.2) is 56.8 Å². The third-order valence-corrected chi connectivity index (χ3v) is 8.87. The van der Waals surface area contributed by atoms with E-state index in [0.717, 1.165) is 55.5 Å². The lowest BCUT2D eigenvalue weighted by molar-refractivity contribution is -0.138. The second-order valence-corrected chi connectivity index (χ2v) is 10.8. The summed E-state index contributed by atoms with van der Waals surface area (Å²) in [6, 6.07) is 12.7. The van der Waals surface area contributed by atoms with Gasteiger partial charge in [-0.25, -0.2) is 12.8 Å². The summed E-state index contributed by atoms with van der Waals surface area (Å²) in [7, 11) is -2.11. The van der Waals surface area contributed by atoms with Crippen molar-refractivity contribution in [3.05, 3.63) is 59.9 Å². The molecule has 2 fully saturated rings. The number of hydrogen-bond acceptors (Lipinski definition) is 4. The van der Waals surface area contributed by atoms with Crippen LogP contribution in [0.2, 0.25) is 0 Å². The lowest BCUT2D eigenvalue weighted by Gasteiger charge is -2.40. The van der Waals surface area contributed by atoms with Gasteiger partial charge in [-0.05, 0) is 61.2 Å². The van der Waals surface area contributed by atoms with Gasteiger partial charge < -0.3 is 9.64 Å². The molecule has 1 heterocycles. The van der Waals surface area contributed by atoms with Gasteiger partial charge in [-0.1, -0.05) is 31.4 Å². The summed E-state index contributed by atoms with van der Waals surface area (Å²) in [6.07, 6.45) is 5.27. The maximum Gasteiger partial charge on any atom is 0.243 e. The van der Waals surface area contributed by atoms with Crippen molar-refractivity contribution in [3.8, 4) is 5.75 Å². The summed E-state index contributed by atoms with van der Waals surface area (Å²) < 4.78 is 46.1. The summed E-state index contributed by atoms with van der Waals surface area (Å²) in [5.74, 6) is 0.375. The summed E-state index contributed by atoms with van der Waals surface area (Å²) in [5.41, 5.74) is 0.434. The predicted octanol–water partition coefficient (Wildman–Crippen LogP) is 3.96. The third-order valence-electron chi connectivity index (χ3n) is 6.95. The number of carbonyl (C=O) groups excluding carboxylic acids is 1. The van der Waals surface area contributed by atoms with Crippen LogP contribution >= 0.6 is 0 Å². The monoisotopic (exact) mass is 474 g/mol. The second kappa shape index (κ2) is 9.81. The number of methoxy groups -OCH3 is 1. The summed E-state index contributed by atoms with van der Waals surface area (Å²) in [4.78, 5) is 15.8. The lowest BCUT2D eigenvalue weighted by atomic mass is 9.68. The van der Waals surface area contributed by atoms with E-state index in [2.05, 4.69) is 0 Å². The van der Waals surface area contributed by atoms with Gasteiger partial charge in [0.2, 0.25) is 15.9 Å². The Morgan fingerprint density at radius 2 is 1.55 bits per heavy atom. The van der Waals surface area contributed by atoms with E-state index in [9.17, 15) is 17.6 Å². The van der Waals surface area contributed by atoms with E-state index >= 15 is 0 Å². The number of amides is 1. The molecule has 0 atom stereocenters. The highest BCUT2D eigenvalue weighted by atomic mass is 32.2. The summed E-state index contributed by atoms with van der Waals surface area (Å²) in [5, 5.41) is 0. The average molecular weight is 475 g/mol. The van der Waals surface area contributed by atoms with Crippen molar-refractivity contribution in [2.24, 2.45) is 0 Å². The van der Waals surface area contributed by atoms with E-state index in [1.165, 1.54) is 16.4 Å². The first-order valence-corrected chi connectivity index (χ1v) is 13.0. The van der Waals surface area contributed by atoms with Gasteiger partial charge >= 0.3 is 0 Å². The van der Waals surface area contributed by atoms with Gasteiger partial charge in [0, 0.05) is 26.2 Å². The van der Waals surface area contributed by atoms with Crippen LogP contribution in [0.25, 0.3) is 0 Å². The van der Waals surface area contributed by atoms with Crippen LogP contribution < -0.4 is 4.74 Å². The maximum absolute atomic E-state index is 13.9. The molecule has 6 nitrogen and oxygen atoms in total. The molecule has 33 heavy (non-hydrogen) atoms. The Bertz CT molecular complexity index is 1060. The topological polar surface area (TPSA) is 66.9 Å². The quantitative estimate of drug-likeness (QED) is 0.658. The first kappa shape index (κ1) is 23.7. The van der Waals surface area contributed by atoms with Crippen LogP contribution in [0.3, 0.4) is 0 Å². The molecule has 0 aromatic heterocycles. The Hall–Kier alpha value is -2.45. The fraction of sp³-hybridized carbons (Fsp3) is 0.480. The van der Waals surface area contributed by atoms with E-state index in [-0.39, 0.29) is 17.3 Å². The molecule has 0 bridgehead atoms. The van der Waals surface area contributed by atoms with Crippen molar-refractivity contribution in [1.29, 1.82) is 0 Å². The SMILES string of the molecule is COc1ccc(C2(C(=O)N3CCCN(S(=O)(=O)c4ccc(F)cc4)CC3)CCCCC2)cc1. The molecule has 1 saturated carbocycles. The number of ether oxygens (including phenoxy) is 1. The van der Waals surface area contributed by atoms with E-state index < -0.39 is 21.3 Å². The molecular formula is C25H31FN2O4S. The molecule has 0 spiro atoms. The van der Waals surface area contributed by atoms with Crippen LogP contribution in [0.5, 0.6) is 5.75 Å². The molecule has 0 unspecified atom stereocenters. The fourth-order valence-electron chi connectivity index (χ4n) is 5.09. The molecule has 4 rings (SSSR count). The van der Waals surface area contributed by atoms with Crippen molar-refractivity contribution < 1.29 is 22.3 Å². The van der Waals surface area contributed by atoms with E-state index in [1.54, 1.807) is 7.11 Å². The molecule has 1 aliphatic carbocycles. The van der Waals surface area contributed by atoms with Crippen molar-refractivity contribution in [2.75, 3.05) is 33.3 Å². The van der Waals surface area contributed by atoms with Gasteiger partial charge in [-0.2, -0.15) is 4.31 Å². The molecule has 1 amide bonds. The highest BCUT2D eigenvalue weighted by Gasteiger charge is 2.44. The number of benzene rings is 2. The first-order valence-electron chi connectivity index (χ1n) is 11.6. The number of rotatable bonds is 5. The molecule has 178 valence electrons. The number of carbonyl (C=O) groups is 1. The zero-order chi connectivity index (χ0) is 23.5. The summed E-state index contributed by atoms with van der Waals surface area (Å²) in [6.45, 7) is 1.42. The number of nitrogens with zero attached hydrogens (tertiary/aromatic N) is 2. The summed E-state index contributed by atoms with van der Waals surface area (Å²) >= 11 is 0. The molecule has 2 aromatic carbocycles. The molecule has 1 aliphatic heterocycles. The molecule has 0 N–H and O–H groups in total. The number of hydrogen-bond donors (Lipinski definition) is 0. The zero-order valence-corrected chi connectivity index (χ0v) is 19.8. The molecule has 1 saturated heterocycles. The Balaban J connectivity index is 1.54. The molecule has 2 aliphatic rings. The Labute approximate surface area is 195 Å². The van der Waals surface area contributed by atoms with Gasteiger partial charge in [0.25, 0.3) is 0 Å². The maximum atomic E-state index is 13.9. The molecule has 8 heteroatoms. The highest BCUT2D eigenvalue weighted by Crippen LogP contribution is 2.41. The van der Waals surface area contributed by atoms with Gasteiger partial charge in [0.15, 0.2) is 0 Å². The largest absolute Gasteiger partial charge is 0.497 e. The average Bonchev–Trinajstić information content (AvgIpc) is 3.11. The standard InChI is InChI=1S/C25H31FN2O4S/c1-32-22-10-6-20(7-11-22)25(14-3-2-4-15-25)24(29)27-16-5-17-28(19-18-27)33(30,31)23-12-8-21(26)9-13-23/h6-13H,2-5,14-19H2,1H3. The predicted molar refractivity (Wildman–Crippen MR) is 124 cm³/mol. The van der Waals surface area contributed by atoms with Crippen LogP contribution in [-0.2, 0) is 20.2 Å². The van der Waals surface area contributed by atoms with Crippen LogP contribution in [0.4, 0.5) is 4.39 Å². The van der Waals surface area contributed by atoms with Gasteiger partial charge in [0.05, 0.1) is 17.4 Å². The molecule has 2 aromatic rings. The van der Waals surface area contributed by atoms with Crippen molar-refractivity contribution in [1.82, 2.24) is 9.21 Å². The second-order valence-electron chi connectivity index (χ2n) is 8.88. The smallest absolute Gasteiger partial charge is 0.243 e. The molecular weight excluding hydrogens is 443 g/mol. The molecule has 0 radical (unpaired) electrons. The van der Waals surface area contributed by atoms with E-state index in [1.807, 2.05) is 29.2 Å². The number of halogens is 1. The fourth-order valence-corrected chi connectivity index (χ4v) is 6.56. The van der Waals surface area contributed by atoms with Crippen LogP contribution in [0, 0.1) is 5.82 Å². The Morgan fingerprint density at radius 3 is 2.18 bits per heavy atom. The minimum atomic E-state index is -3.74. The first-order chi connectivity index (χ1) is 15.9. The lowest BCUT2D eigenvalue weighted by Crippen LogP contribution is -2.49. The van der Waals surface area contributed by atoms with E-state index in [0.29, 0.717) is 26.1 Å². The van der Waals surface area contributed by atoms with Gasteiger partial charge in [0.1, 0.15) is 11.6 Å². The Morgan fingerprint density at radius 1 is 0.879 bits per heavy atom. The van der Waals surface area contributed by atoms with Crippen LogP contribution in [0.15, 0.2) is 53.4 Å². The van der Waals surface area contributed by atoms with Gasteiger partial charge in [-0.15, -0.1) is 0 Å². The minimum Gasteiger partial charge on any atom is -0.497 e. The van der Waals surface area contributed by atoms with E-state index in [4.69, 9.17) is 4.74 Å². The highest BCUT2D eigenvalue weighted by molar-refractivity contribution is 7.89. The Kier molecular flexibility index (Phi) is 7.05. The van der Waals surface area contributed by atoms with Crippen molar-refractivity contribution in [2.45, 2.75) is 48.8 Å². The third kappa shape index (κ3) is 4.77. The minimum absolute atomic E-state index is 0.0747. The van der Waals surface area contributed by atoms with Crippen molar-refractivity contribution >= 4 is 15.9 Å². The van der Waals surface area contributed by atoms with Crippen LogP contribution in [0.1, 0.15) is 44.1 Å². The number of sulfonamides is 1. The van der Waals surface area contributed by atoms with Gasteiger partial charge in [-0.3, -0.25) is 4.79 Å². The normalized spacial score (nSPS) is 19.6. The zero-order valence-electron chi connectivity index (χ0n) is 19.0.